The summed E-state index contributed by atoms with van der Waals surface area (Å²) < 4.78 is 11.9. The van der Waals surface area contributed by atoms with Gasteiger partial charge in [-0.15, -0.1) is 0 Å². The molecule has 6 heteroatoms. The van der Waals surface area contributed by atoms with Crippen LogP contribution in [0.1, 0.15) is 114 Å². The lowest BCUT2D eigenvalue weighted by molar-refractivity contribution is 0.545. The Morgan fingerprint density at radius 1 is 0.277 bits per heavy atom. The Bertz CT molecular complexity index is 5880. The first-order valence-corrected chi connectivity index (χ1v) is 36.8. The van der Waals surface area contributed by atoms with Gasteiger partial charge in [-0.1, -0.05) is 226 Å². The van der Waals surface area contributed by atoms with E-state index in [2.05, 4.69) is 387 Å². The molecular formula is C95H102N6. The van der Waals surface area contributed by atoms with E-state index in [9.17, 15) is 0 Å². The van der Waals surface area contributed by atoms with Crippen LogP contribution in [0.5, 0.6) is 0 Å². The molecule has 18 rings (SSSR count). The van der Waals surface area contributed by atoms with Crippen molar-refractivity contribution in [2.45, 2.75) is 142 Å². The van der Waals surface area contributed by atoms with Crippen LogP contribution in [0.4, 0.5) is 0 Å². The summed E-state index contributed by atoms with van der Waals surface area (Å²) in [5, 5.41) is 16.3. The van der Waals surface area contributed by atoms with Gasteiger partial charge in [-0.2, -0.15) is 0 Å². The molecule has 0 aliphatic rings. The average molecular weight is 1330 g/mol. The minimum Gasteiger partial charge on any atom is -0.355 e. The van der Waals surface area contributed by atoms with Gasteiger partial charge in [-0.3, -0.25) is 0 Å². The molecule has 12 aromatic carbocycles. The van der Waals surface area contributed by atoms with Gasteiger partial charge in [-0.05, 0) is 184 Å². The molecule has 0 fully saturated rings. The maximum Gasteiger partial charge on any atom is 0.0493 e. The van der Waals surface area contributed by atoms with E-state index in [1.54, 1.807) is 0 Å². The first kappa shape index (κ1) is 70.3. The highest BCUT2D eigenvalue weighted by molar-refractivity contribution is 6.12. The Hall–Kier alpha value is -10.6. The second-order valence-electron chi connectivity index (χ2n) is 28.3. The molecule has 0 amide bonds. The number of aryl methyl sites for hydroxylation is 9. The minimum atomic E-state index is 0.486. The fraction of sp³-hybridized carbons (Fsp3) is 0.242. The second-order valence-corrected chi connectivity index (χ2v) is 28.3. The number of rotatable bonds is 7. The maximum absolute atomic E-state index is 3.41. The molecule has 6 aromatic heterocycles. The molecule has 0 spiro atoms. The lowest BCUT2D eigenvalue weighted by Gasteiger charge is -2.11. The molecule has 18 aromatic rings. The van der Waals surface area contributed by atoms with Gasteiger partial charge in [0.25, 0.3) is 0 Å². The SMILES string of the molecule is CCCC.CCCn1c2ccccc2c2cc(C)ccc21.CCn1c2ccccc2c2cc(C)ccc21.Cc1ccc2[nH]c3ccccc3c2c1.Cc1ccc2c(c1)c1ccccc1n2C.Cc1ccc2c(c1)c1ccccc1n2C(C)C.Cc1ccc2c(c1)c1ccccc1n2CC(C)C. The maximum atomic E-state index is 3.41. The Kier molecular flexibility index (Phi) is 21.8. The lowest BCUT2D eigenvalue weighted by atomic mass is 10.1. The number of H-pyrrole nitrogens is 1. The standard InChI is InChI=1S/C17H19N.2C16H17N.C15H15N.C14H13N.C13H11N.C4H10/c1-12(2)11-18-16-7-5-4-6-14(16)15-10-13(3)8-9-17(15)18;1-11(2)17-15-7-5-4-6-13(15)14-10-12(3)8-9-16(14)17;1-3-10-17-15-7-5-4-6-13(15)14-11-12(2)8-9-16(14)17;1-3-16-14-7-5-4-6-12(14)13-10-11(2)8-9-15(13)16;1-10-7-8-14-12(9-10)11-5-3-4-6-13(11)15(14)2;1-9-6-7-13-11(8-9)10-4-2-3-5-12(10)14-13;1-3-4-2/h4-10,12H,11H2,1-3H3;4-11H,1-3H3;4-9,11H,3,10H2,1-2H3;4-10H,3H2,1-2H3;3-9H,1-2H3;2-8,14H,1H3;3-4H2,1-2H3. The normalized spacial score (nSPS) is 11.3. The Labute approximate surface area is 598 Å². The van der Waals surface area contributed by atoms with Crippen molar-refractivity contribution in [2.75, 3.05) is 0 Å². The topological polar surface area (TPSA) is 40.4 Å². The first-order chi connectivity index (χ1) is 49.0. The highest BCUT2D eigenvalue weighted by atomic mass is 15.0. The summed E-state index contributed by atoms with van der Waals surface area (Å²) in [5.41, 5.74) is 23.8. The third-order valence-electron chi connectivity index (χ3n) is 19.7. The summed E-state index contributed by atoms with van der Waals surface area (Å²) >= 11 is 0. The summed E-state index contributed by atoms with van der Waals surface area (Å²) in [6.45, 7) is 33.9. The van der Waals surface area contributed by atoms with Crippen molar-refractivity contribution in [3.8, 4) is 0 Å². The second kappa shape index (κ2) is 31.3. The fourth-order valence-corrected chi connectivity index (χ4v) is 14.8. The Balaban J connectivity index is 0.000000114. The Morgan fingerprint density at radius 2 is 0.574 bits per heavy atom. The molecule has 0 bridgehead atoms. The highest BCUT2D eigenvalue weighted by Crippen LogP contribution is 2.36. The van der Waals surface area contributed by atoms with Crippen LogP contribution in [-0.4, -0.2) is 27.8 Å². The van der Waals surface area contributed by atoms with E-state index in [4.69, 9.17) is 0 Å². The number of hydrogen-bond acceptors (Lipinski definition) is 0. The van der Waals surface area contributed by atoms with Gasteiger partial charge in [0.05, 0.1) is 0 Å². The van der Waals surface area contributed by atoms with Crippen molar-refractivity contribution >= 4 is 131 Å². The van der Waals surface area contributed by atoms with Crippen LogP contribution in [0.3, 0.4) is 0 Å². The summed E-state index contributed by atoms with van der Waals surface area (Å²) in [4.78, 5) is 3.41. The van der Waals surface area contributed by atoms with Gasteiger partial charge in [0.2, 0.25) is 0 Å². The van der Waals surface area contributed by atoms with Gasteiger partial charge in [0, 0.05) is 164 Å². The molecule has 0 saturated carbocycles. The van der Waals surface area contributed by atoms with Gasteiger partial charge in [0.1, 0.15) is 0 Å². The van der Waals surface area contributed by atoms with Gasteiger partial charge < -0.3 is 27.8 Å². The van der Waals surface area contributed by atoms with Gasteiger partial charge in [-0.25, -0.2) is 0 Å². The summed E-state index contributed by atoms with van der Waals surface area (Å²) in [6, 6.07) is 92.3. The largest absolute Gasteiger partial charge is 0.355 e. The molecule has 512 valence electrons. The monoisotopic (exact) mass is 1330 g/mol. The van der Waals surface area contributed by atoms with E-state index >= 15 is 0 Å². The summed E-state index contributed by atoms with van der Waals surface area (Å²) in [6.07, 6.45) is 3.81. The third kappa shape index (κ3) is 14.7. The van der Waals surface area contributed by atoms with Crippen LogP contribution in [-0.2, 0) is 26.7 Å². The van der Waals surface area contributed by atoms with E-state index in [1.807, 2.05) is 0 Å². The van der Waals surface area contributed by atoms with Crippen molar-refractivity contribution in [2.24, 2.45) is 13.0 Å². The van der Waals surface area contributed by atoms with E-state index in [0.717, 1.165) is 19.6 Å². The fourth-order valence-electron chi connectivity index (χ4n) is 14.8. The molecule has 0 atom stereocenters. The van der Waals surface area contributed by atoms with Crippen LogP contribution >= 0.6 is 0 Å². The minimum absolute atomic E-state index is 0.486. The molecular weight excluding hydrogens is 1230 g/mol. The lowest BCUT2D eigenvalue weighted by Crippen LogP contribution is -2.03. The van der Waals surface area contributed by atoms with Crippen molar-refractivity contribution in [3.05, 3.63) is 288 Å². The number of benzene rings is 12. The number of nitrogens with zero attached hydrogens (tertiary/aromatic N) is 5. The molecule has 0 radical (unpaired) electrons. The molecule has 101 heavy (non-hydrogen) atoms. The molecule has 0 unspecified atom stereocenters. The molecule has 0 aliphatic carbocycles. The van der Waals surface area contributed by atoms with Crippen molar-refractivity contribution < 1.29 is 0 Å². The molecule has 0 saturated heterocycles. The smallest absolute Gasteiger partial charge is 0.0493 e. The average Bonchev–Trinajstić information content (AvgIpc) is 1.72. The van der Waals surface area contributed by atoms with Crippen molar-refractivity contribution in [1.82, 2.24) is 27.8 Å². The zero-order chi connectivity index (χ0) is 71.0. The van der Waals surface area contributed by atoms with E-state index < -0.39 is 0 Å². The van der Waals surface area contributed by atoms with E-state index in [0.29, 0.717) is 12.0 Å². The zero-order valence-corrected chi connectivity index (χ0v) is 62.4. The van der Waals surface area contributed by atoms with Gasteiger partial charge in [0.15, 0.2) is 0 Å². The first-order valence-electron chi connectivity index (χ1n) is 36.8. The van der Waals surface area contributed by atoms with Gasteiger partial charge >= 0.3 is 0 Å². The van der Waals surface area contributed by atoms with Crippen LogP contribution in [0.25, 0.3) is 131 Å². The molecule has 1 N–H and O–H groups in total. The van der Waals surface area contributed by atoms with Crippen LogP contribution in [0, 0.1) is 47.5 Å². The van der Waals surface area contributed by atoms with Crippen LogP contribution in [0.15, 0.2) is 255 Å². The van der Waals surface area contributed by atoms with E-state index in [1.165, 1.54) is 183 Å². The molecule has 6 nitrogen and oxygen atoms in total. The number of hydrogen-bond donors (Lipinski definition) is 1. The number of aromatic amines is 1. The number of para-hydroxylation sites is 6. The van der Waals surface area contributed by atoms with E-state index in [-0.39, 0.29) is 0 Å². The Morgan fingerprint density at radius 3 is 1.03 bits per heavy atom. The van der Waals surface area contributed by atoms with Crippen molar-refractivity contribution in [3.63, 3.8) is 0 Å². The number of unbranched alkanes of at least 4 members (excludes halogenated alkanes) is 1. The highest BCUT2D eigenvalue weighted by Gasteiger charge is 2.15. The third-order valence-corrected chi connectivity index (χ3v) is 19.7. The predicted molar refractivity (Wildman–Crippen MR) is 444 cm³/mol. The van der Waals surface area contributed by atoms with Crippen LogP contribution in [0.2, 0.25) is 0 Å². The quantitative estimate of drug-likeness (QED) is 0.165. The van der Waals surface area contributed by atoms with Crippen molar-refractivity contribution in [1.29, 1.82) is 0 Å². The van der Waals surface area contributed by atoms with Crippen LogP contribution < -0.4 is 0 Å². The predicted octanol–water partition coefficient (Wildman–Crippen LogP) is 27.2. The number of aromatic nitrogens is 6. The molecule has 0 aliphatic heterocycles. The zero-order valence-electron chi connectivity index (χ0n) is 62.4. The number of fused-ring (bicyclic) bond motifs is 18. The summed E-state index contributed by atoms with van der Waals surface area (Å²) in [5.74, 6) is 0.658. The number of nitrogens with one attached hydrogen (secondary N) is 1. The summed E-state index contributed by atoms with van der Waals surface area (Å²) in [7, 11) is 2.12. The molecule has 6 heterocycles.